The second kappa shape index (κ2) is 10.0. The molecule has 3 N–H and O–H groups in total. The molecule has 0 aliphatic heterocycles. The number of carbonyl (C=O) groups is 2. The summed E-state index contributed by atoms with van der Waals surface area (Å²) >= 11 is 2.81. The summed E-state index contributed by atoms with van der Waals surface area (Å²) in [6.45, 7) is 3.61. The van der Waals surface area contributed by atoms with E-state index in [1.807, 2.05) is 43.3 Å². The summed E-state index contributed by atoms with van der Waals surface area (Å²) in [5.74, 6) is -0.231. The van der Waals surface area contributed by atoms with Crippen LogP contribution in [0.3, 0.4) is 0 Å². The molecule has 0 aliphatic carbocycles. The number of nitrogens with zero attached hydrogens (tertiary/aromatic N) is 1. The fourth-order valence-electron chi connectivity index (χ4n) is 3.03. The number of aromatic nitrogens is 1. The second-order valence-corrected chi connectivity index (χ2v) is 9.61. The molecule has 0 aliphatic rings. The van der Waals surface area contributed by atoms with E-state index in [0.29, 0.717) is 16.9 Å². The van der Waals surface area contributed by atoms with Gasteiger partial charge in [0.05, 0.1) is 16.0 Å². The van der Waals surface area contributed by atoms with Crippen LogP contribution in [0.4, 0.5) is 26.2 Å². The van der Waals surface area contributed by atoms with Gasteiger partial charge in [0, 0.05) is 17.1 Å². The zero-order valence-corrected chi connectivity index (χ0v) is 19.6. The number of rotatable bonds is 6. The van der Waals surface area contributed by atoms with Crippen molar-refractivity contribution in [2.75, 3.05) is 21.7 Å². The molecular formula is C24H21FN4O2S2. The summed E-state index contributed by atoms with van der Waals surface area (Å²) in [5.41, 5.74) is 4.07. The number of benzene rings is 3. The first kappa shape index (κ1) is 22.8. The quantitative estimate of drug-likeness (QED) is 0.278. The van der Waals surface area contributed by atoms with Crippen LogP contribution < -0.4 is 16.0 Å². The smallest absolute Gasteiger partial charge is 0.323 e. The lowest BCUT2D eigenvalue weighted by Gasteiger charge is -2.08. The normalized spacial score (nSPS) is 10.8. The van der Waals surface area contributed by atoms with Gasteiger partial charge in [-0.3, -0.25) is 4.79 Å². The van der Waals surface area contributed by atoms with Crippen molar-refractivity contribution in [2.45, 2.75) is 18.2 Å². The van der Waals surface area contributed by atoms with E-state index >= 15 is 0 Å². The van der Waals surface area contributed by atoms with Crippen LogP contribution in [0.1, 0.15) is 11.1 Å². The Kier molecular flexibility index (Phi) is 6.90. The Bertz CT molecular complexity index is 1340. The van der Waals surface area contributed by atoms with Gasteiger partial charge in [-0.25, -0.2) is 14.2 Å². The lowest BCUT2D eigenvalue weighted by atomic mass is 10.2. The Labute approximate surface area is 198 Å². The first-order chi connectivity index (χ1) is 15.9. The molecule has 0 bridgehead atoms. The number of aryl methyl sites for hydroxylation is 2. The molecule has 1 aromatic heterocycles. The Hall–Kier alpha value is -3.43. The number of amides is 3. The monoisotopic (exact) mass is 480 g/mol. The van der Waals surface area contributed by atoms with E-state index in [0.717, 1.165) is 25.8 Å². The first-order valence-corrected chi connectivity index (χ1v) is 11.9. The summed E-state index contributed by atoms with van der Waals surface area (Å²) in [4.78, 5) is 29.1. The van der Waals surface area contributed by atoms with Crippen molar-refractivity contribution in [3.63, 3.8) is 0 Å². The number of fused-ring (bicyclic) bond motifs is 1. The van der Waals surface area contributed by atoms with Crippen molar-refractivity contribution in [3.05, 3.63) is 77.6 Å². The number of halogens is 1. The van der Waals surface area contributed by atoms with Gasteiger partial charge in [-0.1, -0.05) is 36.0 Å². The lowest BCUT2D eigenvalue weighted by Crippen LogP contribution is -2.19. The summed E-state index contributed by atoms with van der Waals surface area (Å²) < 4.78 is 15.3. The molecule has 6 nitrogen and oxygen atoms in total. The number of thioether (sulfide) groups is 1. The van der Waals surface area contributed by atoms with E-state index in [9.17, 15) is 14.0 Å². The standard InChI is InChI=1S/C24H21FN4O2S2/c1-14-7-8-16(11-18(14)25)26-23(31)27-17-9-10-20-21(12-17)33-24(29-20)32-13-22(30)28-19-6-4-3-5-15(19)2/h3-12H,13H2,1-2H3,(H,28,30)(H2,26,27,31). The highest BCUT2D eigenvalue weighted by molar-refractivity contribution is 8.01. The third-order valence-electron chi connectivity index (χ3n) is 4.80. The number of hydrogen-bond acceptors (Lipinski definition) is 5. The number of hydrogen-bond donors (Lipinski definition) is 3. The van der Waals surface area contributed by atoms with Gasteiger partial charge in [0.15, 0.2) is 4.34 Å². The third kappa shape index (κ3) is 5.88. The summed E-state index contributed by atoms with van der Waals surface area (Å²) in [7, 11) is 0. The molecule has 33 heavy (non-hydrogen) atoms. The predicted octanol–water partition coefficient (Wildman–Crippen LogP) is 6.43. The minimum atomic E-state index is -0.468. The molecular weight excluding hydrogens is 459 g/mol. The highest BCUT2D eigenvalue weighted by atomic mass is 32.2. The number of urea groups is 1. The van der Waals surface area contributed by atoms with E-state index in [4.69, 9.17) is 0 Å². The molecule has 0 saturated carbocycles. The highest BCUT2D eigenvalue weighted by Crippen LogP contribution is 2.31. The van der Waals surface area contributed by atoms with Crippen molar-refractivity contribution in [1.29, 1.82) is 0 Å². The van der Waals surface area contributed by atoms with E-state index in [1.165, 1.54) is 29.2 Å². The first-order valence-electron chi connectivity index (χ1n) is 10.1. The molecule has 3 aromatic carbocycles. The highest BCUT2D eigenvalue weighted by Gasteiger charge is 2.11. The molecule has 0 unspecified atom stereocenters. The van der Waals surface area contributed by atoms with Gasteiger partial charge in [0.25, 0.3) is 0 Å². The second-order valence-electron chi connectivity index (χ2n) is 7.36. The van der Waals surface area contributed by atoms with Crippen LogP contribution in [0.2, 0.25) is 0 Å². The van der Waals surface area contributed by atoms with Crippen molar-refractivity contribution in [3.8, 4) is 0 Å². The van der Waals surface area contributed by atoms with Gasteiger partial charge in [0.1, 0.15) is 5.82 Å². The van der Waals surface area contributed by atoms with E-state index in [2.05, 4.69) is 20.9 Å². The number of anilines is 3. The maximum atomic E-state index is 13.7. The topological polar surface area (TPSA) is 83.1 Å². The van der Waals surface area contributed by atoms with Crippen LogP contribution in [-0.2, 0) is 4.79 Å². The van der Waals surface area contributed by atoms with Crippen molar-refractivity contribution in [1.82, 2.24) is 4.98 Å². The zero-order valence-electron chi connectivity index (χ0n) is 17.9. The number of para-hydroxylation sites is 1. The molecule has 0 spiro atoms. The summed E-state index contributed by atoms with van der Waals surface area (Å²) in [5, 5.41) is 8.27. The minimum absolute atomic E-state index is 0.0971. The average molecular weight is 481 g/mol. The molecule has 0 fully saturated rings. The summed E-state index contributed by atoms with van der Waals surface area (Å²) in [6, 6.07) is 17.1. The van der Waals surface area contributed by atoms with Crippen molar-refractivity contribution >= 4 is 62.3 Å². The summed E-state index contributed by atoms with van der Waals surface area (Å²) in [6.07, 6.45) is 0. The van der Waals surface area contributed by atoms with Crippen LogP contribution in [0.15, 0.2) is 65.0 Å². The average Bonchev–Trinajstić information content (AvgIpc) is 3.19. The van der Waals surface area contributed by atoms with Crippen LogP contribution in [0.25, 0.3) is 10.2 Å². The molecule has 0 radical (unpaired) electrons. The Morgan fingerprint density at radius 2 is 1.67 bits per heavy atom. The van der Waals surface area contributed by atoms with Gasteiger partial charge in [-0.2, -0.15) is 0 Å². The van der Waals surface area contributed by atoms with Crippen LogP contribution in [0.5, 0.6) is 0 Å². The predicted molar refractivity (Wildman–Crippen MR) is 134 cm³/mol. The SMILES string of the molecule is Cc1ccc(NC(=O)Nc2ccc3nc(SCC(=O)Nc4ccccc4C)sc3c2)cc1F. The van der Waals surface area contributed by atoms with E-state index in [1.54, 1.807) is 25.1 Å². The minimum Gasteiger partial charge on any atom is -0.325 e. The van der Waals surface area contributed by atoms with Crippen LogP contribution in [0, 0.1) is 19.7 Å². The fourth-order valence-corrected chi connectivity index (χ4v) is 4.94. The molecule has 1 heterocycles. The van der Waals surface area contributed by atoms with Gasteiger partial charge in [-0.05, 0) is 61.4 Å². The van der Waals surface area contributed by atoms with Crippen LogP contribution in [-0.4, -0.2) is 22.7 Å². The molecule has 0 saturated heterocycles. The maximum Gasteiger partial charge on any atom is 0.323 e. The largest absolute Gasteiger partial charge is 0.325 e. The Morgan fingerprint density at radius 1 is 0.939 bits per heavy atom. The molecule has 0 atom stereocenters. The molecule has 4 rings (SSSR count). The zero-order chi connectivity index (χ0) is 23.4. The molecule has 4 aromatic rings. The number of carbonyl (C=O) groups excluding carboxylic acids is 2. The molecule has 9 heteroatoms. The van der Waals surface area contributed by atoms with Crippen molar-refractivity contribution in [2.24, 2.45) is 0 Å². The third-order valence-corrected chi connectivity index (χ3v) is 6.96. The van der Waals surface area contributed by atoms with Crippen molar-refractivity contribution < 1.29 is 14.0 Å². The number of thiazole rings is 1. The van der Waals surface area contributed by atoms with E-state index < -0.39 is 6.03 Å². The van der Waals surface area contributed by atoms with Gasteiger partial charge >= 0.3 is 6.03 Å². The van der Waals surface area contributed by atoms with Gasteiger partial charge in [0.2, 0.25) is 5.91 Å². The fraction of sp³-hybridized carbons (Fsp3) is 0.125. The Morgan fingerprint density at radius 3 is 2.42 bits per heavy atom. The van der Waals surface area contributed by atoms with E-state index in [-0.39, 0.29) is 17.5 Å². The van der Waals surface area contributed by atoms with Gasteiger partial charge < -0.3 is 16.0 Å². The van der Waals surface area contributed by atoms with Crippen LogP contribution >= 0.6 is 23.1 Å². The van der Waals surface area contributed by atoms with Gasteiger partial charge in [-0.15, -0.1) is 11.3 Å². The maximum absolute atomic E-state index is 13.7. The lowest BCUT2D eigenvalue weighted by molar-refractivity contribution is -0.113. The Balaban J connectivity index is 1.35. The molecule has 168 valence electrons. The molecule has 3 amide bonds. The number of nitrogens with one attached hydrogen (secondary N) is 3.